The lowest BCUT2D eigenvalue weighted by Crippen LogP contribution is -2.52. The standard InChI is InChI=1S/C28H36N2O7/c1-27(2,3)37-26(34)30-22(19-35-17-20-12-8-6-9-13-20)24(32)29-16-23(31)28(4,5)25(33)36-18-21-14-10-7-11-15-21/h6-15,22H,16-19H2,1-5H3,(H,29,32)(H,30,34). The zero-order valence-electron chi connectivity index (χ0n) is 22.0. The smallest absolute Gasteiger partial charge is 0.408 e. The third-order valence-electron chi connectivity index (χ3n) is 5.25. The van der Waals surface area contributed by atoms with Gasteiger partial charge < -0.3 is 24.8 Å². The van der Waals surface area contributed by atoms with Gasteiger partial charge in [0.1, 0.15) is 23.7 Å². The van der Waals surface area contributed by atoms with E-state index in [0.717, 1.165) is 11.1 Å². The Morgan fingerprint density at radius 3 is 1.89 bits per heavy atom. The summed E-state index contributed by atoms with van der Waals surface area (Å²) < 4.78 is 16.2. The van der Waals surface area contributed by atoms with E-state index in [-0.39, 0.29) is 19.8 Å². The van der Waals surface area contributed by atoms with Gasteiger partial charge in [0.05, 0.1) is 19.8 Å². The summed E-state index contributed by atoms with van der Waals surface area (Å²) in [5.74, 6) is -1.90. The maximum atomic E-state index is 12.9. The van der Waals surface area contributed by atoms with Crippen molar-refractivity contribution in [2.24, 2.45) is 5.41 Å². The van der Waals surface area contributed by atoms with E-state index in [2.05, 4.69) is 10.6 Å². The van der Waals surface area contributed by atoms with Gasteiger partial charge in [-0.3, -0.25) is 14.4 Å². The van der Waals surface area contributed by atoms with Gasteiger partial charge in [-0.25, -0.2) is 4.79 Å². The minimum absolute atomic E-state index is 0.0311. The number of carbonyl (C=O) groups is 4. The first kappa shape index (κ1) is 29.5. The molecule has 0 saturated carbocycles. The monoisotopic (exact) mass is 512 g/mol. The van der Waals surface area contributed by atoms with E-state index < -0.39 is 47.4 Å². The second kappa shape index (κ2) is 13.5. The van der Waals surface area contributed by atoms with Crippen molar-refractivity contribution in [1.29, 1.82) is 0 Å². The number of rotatable bonds is 12. The molecule has 0 aromatic heterocycles. The molecule has 0 aliphatic heterocycles. The molecule has 0 bridgehead atoms. The van der Waals surface area contributed by atoms with Crippen LogP contribution in [0.3, 0.4) is 0 Å². The number of nitrogens with one attached hydrogen (secondary N) is 2. The quantitative estimate of drug-likeness (QED) is 0.330. The summed E-state index contributed by atoms with van der Waals surface area (Å²) in [6.45, 7) is 7.64. The summed E-state index contributed by atoms with van der Waals surface area (Å²) in [6, 6.07) is 17.3. The molecule has 2 aromatic rings. The fraction of sp³-hybridized carbons (Fsp3) is 0.429. The zero-order valence-corrected chi connectivity index (χ0v) is 22.0. The maximum Gasteiger partial charge on any atom is 0.408 e. The number of amides is 2. The Labute approximate surface area is 217 Å². The molecule has 9 heteroatoms. The Morgan fingerprint density at radius 1 is 0.811 bits per heavy atom. The van der Waals surface area contributed by atoms with Crippen LogP contribution >= 0.6 is 0 Å². The van der Waals surface area contributed by atoms with Gasteiger partial charge >= 0.3 is 12.1 Å². The van der Waals surface area contributed by atoms with Gasteiger partial charge in [-0.15, -0.1) is 0 Å². The number of benzene rings is 2. The Kier molecular flexibility index (Phi) is 10.8. The summed E-state index contributed by atoms with van der Waals surface area (Å²) in [4.78, 5) is 50.5. The van der Waals surface area contributed by atoms with E-state index in [1.807, 2.05) is 48.5 Å². The van der Waals surface area contributed by atoms with Crippen LogP contribution in [0.4, 0.5) is 4.79 Å². The Morgan fingerprint density at radius 2 is 1.35 bits per heavy atom. The first-order valence-corrected chi connectivity index (χ1v) is 12.0. The topological polar surface area (TPSA) is 120 Å². The van der Waals surface area contributed by atoms with E-state index >= 15 is 0 Å². The van der Waals surface area contributed by atoms with Crippen LogP contribution in [0.5, 0.6) is 0 Å². The average Bonchev–Trinajstić information content (AvgIpc) is 2.85. The first-order chi connectivity index (χ1) is 17.4. The lowest BCUT2D eigenvalue weighted by Gasteiger charge is -2.24. The molecule has 0 heterocycles. The number of ether oxygens (including phenoxy) is 3. The second-order valence-corrected chi connectivity index (χ2v) is 10.0. The van der Waals surface area contributed by atoms with Gasteiger partial charge in [-0.2, -0.15) is 0 Å². The normalized spacial score (nSPS) is 12.2. The average molecular weight is 513 g/mol. The first-order valence-electron chi connectivity index (χ1n) is 12.0. The highest BCUT2D eigenvalue weighted by atomic mass is 16.6. The van der Waals surface area contributed by atoms with Gasteiger partial charge in [-0.05, 0) is 45.7 Å². The van der Waals surface area contributed by atoms with Crippen molar-refractivity contribution >= 4 is 23.8 Å². The largest absolute Gasteiger partial charge is 0.460 e. The molecular weight excluding hydrogens is 476 g/mol. The molecule has 0 aliphatic carbocycles. The van der Waals surface area contributed by atoms with Crippen molar-refractivity contribution in [3.05, 3.63) is 71.8 Å². The molecule has 0 aliphatic rings. The number of ketones is 1. The van der Waals surface area contributed by atoms with Gasteiger partial charge in [-0.1, -0.05) is 60.7 Å². The molecule has 200 valence electrons. The van der Waals surface area contributed by atoms with Crippen molar-refractivity contribution in [2.75, 3.05) is 13.2 Å². The Hall–Kier alpha value is -3.72. The van der Waals surface area contributed by atoms with Crippen LogP contribution in [-0.2, 0) is 41.8 Å². The molecule has 37 heavy (non-hydrogen) atoms. The zero-order chi connectivity index (χ0) is 27.5. The molecule has 2 amide bonds. The highest BCUT2D eigenvalue weighted by molar-refractivity contribution is 6.05. The van der Waals surface area contributed by atoms with Crippen LogP contribution in [0.15, 0.2) is 60.7 Å². The lowest BCUT2D eigenvalue weighted by molar-refractivity contribution is -0.159. The van der Waals surface area contributed by atoms with Gasteiger partial charge in [0.25, 0.3) is 0 Å². The number of carbonyl (C=O) groups excluding carboxylic acids is 4. The predicted molar refractivity (Wildman–Crippen MR) is 137 cm³/mol. The van der Waals surface area contributed by atoms with Gasteiger partial charge in [0.2, 0.25) is 5.91 Å². The van der Waals surface area contributed by atoms with Crippen LogP contribution in [0, 0.1) is 5.41 Å². The van der Waals surface area contributed by atoms with Crippen molar-refractivity contribution in [3.8, 4) is 0 Å². The number of hydrogen-bond acceptors (Lipinski definition) is 7. The van der Waals surface area contributed by atoms with Crippen LogP contribution in [0.1, 0.15) is 45.7 Å². The van der Waals surface area contributed by atoms with E-state index in [4.69, 9.17) is 14.2 Å². The maximum absolute atomic E-state index is 12.9. The van der Waals surface area contributed by atoms with Crippen molar-refractivity contribution in [3.63, 3.8) is 0 Å². The summed E-state index contributed by atoms with van der Waals surface area (Å²) in [6.07, 6.45) is -0.799. The summed E-state index contributed by atoms with van der Waals surface area (Å²) in [5, 5.41) is 4.97. The molecule has 1 unspecified atom stereocenters. The third-order valence-corrected chi connectivity index (χ3v) is 5.25. The highest BCUT2D eigenvalue weighted by Gasteiger charge is 2.38. The Bertz CT molecular complexity index is 1050. The molecule has 0 saturated heterocycles. The summed E-state index contributed by atoms with van der Waals surface area (Å²) in [7, 11) is 0. The predicted octanol–water partition coefficient (Wildman–Crippen LogP) is 3.55. The molecule has 2 rings (SSSR count). The van der Waals surface area contributed by atoms with Crippen LogP contribution in [0.2, 0.25) is 0 Å². The number of esters is 1. The fourth-order valence-electron chi connectivity index (χ4n) is 3.03. The second-order valence-electron chi connectivity index (χ2n) is 10.0. The van der Waals surface area contributed by atoms with Gasteiger partial charge in [0, 0.05) is 0 Å². The highest BCUT2D eigenvalue weighted by Crippen LogP contribution is 2.19. The summed E-state index contributed by atoms with van der Waals surface area (Å²) in [5.41, 5.74) is -0.570. The SMILES string of the molecule is CC(C)(C)OC(=O)NC(COCc1ccccc1)C(=O)NCC(=O)C(C)(C)C(=O)OCc1ccccc1. The lowest BCUT2D eigenvalue weighted by atomic mass is 9.88. The number of hydrogen-bond donors (Lipinski definition) is 2. The van der Waals surface area contributed by atoms with Crippen molar-refractivity contribution in [1.82, 2.24) is 10.6 Å². The van der Waals surface area contributed by atoms with Crippen LogP contribution < -0.4 is 10.6 Å². The Balaban J connectivity index is 1.95. The third kappa shape index (κ3) is 10.4. The number of alkyl carbamates (subject to hydrolysis) is 1. The summed E-state index contributed by atoms with van der Waals surface area (Å²) >= 11 is 0. The fourth-order valence-corrected chi connectivity index (χ4v) is 3.03. The molecule has 0 spiro atoms. The molecule has 0 radical (unpaired) electrons. The van der Waals surface area contributed by atoms with E-state index in [0.29, 0.717) is 0 Å². The van der Waals surface area contributed by atoms with Crippen LogP contribution in [-0.4, -0.2) is 48.5 Å². The molecule has 2 aromatic carbocycles. The minimum atomic E-state index is -1.49. The van der Waals surface area contributed by atoms with E-state index in [1.54, 1.807) is 32.9 Å². The minimum Gasteiger partial charge on any atom is -0.460 e. The van der Waals surface area contributed by atoms with Crippen molar-refractivity contribution in [2.45, 2.75) is 59.5 Å². The van der Waals surface area contributed by atoms with E-state index in [9.17, 15) is 19.2 Å². The number of Topliss-reactive ketones (excluding diaryl/α,β-unsaturated/α-hetero) is 1. The van der Waals surface area contributed by atoms with Crippen molar-refractivity contribution < 1.29 is 33.4 Å². The molecule has 0 fully saturated rings. The molecule has 9 nitrogen and oxygen atoms in total. The van der Waals surface area contributed by atoms with E-state index in [1.165, 1.54) is 13.8 Å². The molecule has 1 atom stereocenters. The molecule has 2 N–H and O–H groups in total. The van der Waals surface area contributed by atoms with Gasteiger partial charge in [0.15, 0.2) is 5.78 Å². The molecular formula is C28H36N2O7. The van der Waals surface area contributed by atoms with Crippen LogP contribution in [0.25, 0.3) is 0 Å².